The molecule has 0 bridgehead atoms. The number of carbonyl (C=O) groups is 5. The van der Waals surface area contributed by atoms with Crippen molar-refractivity contribution < 1.29 is 42.9 Å². The van der Waals surface area contributed by atoms with Crippen molar-refractivity contribution in [2.45, 2.75) is 128 Å². The van der Waals surface area contributed by atoms with Crippen molar-refractivity contribution in [3.05, 3.63) is 0 Å². The van der Waals surface area contributed by atoms with Crippen molar-refractivity contribution in [2.24, 2.45) is 17.8 Å². The van der Waals surface area contributed by atoms with Crippen LogP contribution in [0.25, 0.3) is 0 Å². The van der Waals surface area contributed by atoms with E-state index in [1.807, 2.05) is 0 Å². The molecule has 0 spiro atoms. The average molecular weight is 698 g/mol. The van der Waals surface area contributed by atoms with Crippen molar-refractivity contribution in [2.75, 3.05) is 61.3 Å². The maximum atomic E-state index is 13.6. The first-order valence-electron chi connectivity index (χ1n) is 18.6. The summed E-state index contributed by atoms with van der Waals surface area (Å²) < 4.78 is 20.1. The molecule has 0 aliphatic heterocycles. The molecule has 0 aromatic carbocycles. The summed E-state index contributed by atoms with van der Waals surface area (Å²) in [5.41, 5.74) is 0. The lowest BCUT2D eigenvalue weighted by atomic mass is 9.68. The van der Waals surface area contributed by atoms with Crippen LogP contribution in [0.5, 0.6) is 0 Å². The fourth-order valence-electron chi connectivity index (χ4n) is 6.35. The van der Waals surface area contributed by atoms with E-state index in [0.29, 0.717) is 108 Å². The van der Waals surface area contributed by atoms with E-state index in [-0.39, 0.29) is 23.6 Å². The molecule has 0 heterocycles. The van der Waals surface area contributed by atoms with Gasteiger partial charge in [-0.3, -0.25) is 19.2 Å². The van der Waals surface area contributed by atoms with Crippen LogP contribution in [0.4, 0.5) is 0 Å². The van der Waals surface area contributed by atoms with Gasteiger partial charge in [0.05, 0.1) is 7.11 Å². The van der Waals surface area contributed by atoms with Crippen LogP contribution < -0.4 is 16.0 Å². The molecule has 49 heavy (non-hydrogen) atoms. The SMILES string of the molecule is COCCCCC(=O)CC1CC(C[C@@H](CCCCNC(=O)CCCCOC)C(=O)NC(CCCCNC(=O)CCCCOC)C(=O)OC)C1. The lowest BCUT2D eigenvalue weighted by Crippen LogP contribution is -2.45. The van der Waals surface area contributed by atoms with Crippen molar-refractivity contribution in [3.8, 4) is 0 Å². The summed E-state index contributed by atoms with van der Waals surface area (Å²) in [6.07, 6.45) is 13.6. The van der Waals surface area contributed by atoms with Gasteiger partial charge in [-0.2, -0.15) is 0 Å². The standard InChI is InChI=1S/C37H67N3O9/c1-46-22-12-7-16-32(41)28-30-25-29(26-30)27-31(15-5-10-20-38-34(42)18-8-13-23-47-2)36(44)40-33(37(45)49-4)17-6-11-21-39-35(43)19-9-14-24-48-3/h29-31,33H,5-28H2,1-4H3,(H,38,42)(H,39,43)(H,40,44)/t29?,30?,31-,33?/m1/s1. The van der Waals surface area contributed by atoms with Crippen LogP contribution in [0.2, 0.25) is 0 Å². The Bertz CT molecular complexity index is 927. The molecule has 284 valence electrons. The maximum absolute atomic E-state index is 13.6. The first kappa shape index (κ1) is 44.5. The second kappa shape index (κ2) is 29.2. The van der Waals surface area contributed by atoms with Gasteiger partial charge in [0.2, 0.25) is 17.7 Å². The number of methoxy groups -OCH3 is 4. The Labute approximate surface area is 295 Å². The number of carbonyl (C=O) groups excluding carboxylic acids is 5. The van der Waals surface area contributed by atoms with E-state index >= 15 is 0 Å². The van der Waals surface area contributed by atoms with Gasteiger partial charge in [-0.25, -0.2) is 4.79 Å². The van der Waals surface area contributed by atoms with E-state index in [2.05, 4.69) is 16.0 Å². The normalized spacial score (nSPS) is 16.7. The van der Waals surface area contributed by atoms with Gasteiger partial charge < -0.3 is 34.9 Å². The van der Waals surface area contributed by atoms with E-state index in [0.717, 1.165) is 64.2 Å². The van der Waals surface area contributed by atoms with E-state index in [9.17, 15) is 24.0 Å². The molecule has 2 atom stereocenters. The van der Waals surface area contributed by atoms with E-state index < -0.39 is 12.0 Å². The third kappa shape index (κ3) is 22.7. The fourth-order valence-corrected chi connectivity index (χ4v) is 6.35. The molecule has 3 N–H and O–H groups in total. The second-order valence-corrected chi connectivity index (χ2v) is 13.5. The topological polar surface area (TPSA) is 158 Å². The summed E-state index contributed by atoms with van der Waals surface area (Å²) in [6.45, 7) is 3.03. The van der Waals surface area contributed by atoms with Gasteiger partial charge in [0.25, 0.3) is 0 Å². The van der Waals surface area contributed by atoms with Crippen LogP contribution in [-0.4, -0.2) is 96.9 Å². The summed E-state index contributed by atoms with van der Waals surface area (Å²) in [7, 11) is 6.28. The molecule has 0 aromatic heterocycles. The molecular formula is C37H67N3O9. The number of hydrogen-bond donors (Lipinski definition) is 3. The number of esters is 1. The second-order valence-electron chi connectivity index (χ2n) is 13.5. The van der Waals surface area contributed by atoms with Gasteiger partial charge >= 0.3 is 5.97 Å². The van der Waals surface area contributed by atoms with Crippen LogP contribution in [0.3, 0.4) is 0 Å². The number of amides is 3. The molecule has 1 rings (SSSR count). The van der Waals surface area contributed by atoms with Gasteiger partial charge in [0.1, 0.15) is 11.8 Å². The largest absolute Gasteiger partial charge is 0.467 e. The minimum Gasteiger partial charge on any atom is -0.467 e. The minimum atomic E-state index is -0.757. The first-order chi connectivity index (χ1) is 23.7. The van der Waals surface area contributed by atoms with Crippen LogP contribution in [0.15, 0.2) is 0 Å². The Morgan fingerprint density at radius 2 is 1.12 bits per heavy atom. The highest BCUT2D eigenvalue weighted by atomic mass is 16.5. The monoisotopic (exact) mass is 697 g/mol. The zero-order chi connectivity index (χ0) is 36.1. The van der Waals surface area contributed by atoms with Crippen molar-refractivity contribution in [1.29, 1.82) is 0 Å². The summed E-state index contributed by atoms with van der Waals surface area (Å²) in [5, 5.41) is 8.86. The predicted molar refractivity (Wildman–Crippen MR) is 189 cm³/mol. The van der Waals surface area contributed by atoms with E-state index in [4.69, 9.17) is 18.9 Å². The van der Waals surface area contributed by atoms with Crippen LogP contribution in [0.1, 0.15) is 122 Å². The third-order valence-corrected chi connectivity index (χ3v) is 9.24. The zero-order valence-corrected chi connectivity index (χ0v) is 31.0. The van der Waals surface area contributed by atoms with Crippen molar-refractivity contribution >= 4 is 29.5 Å². The molecule has 1 saturated carbocycles. The molecule has 1 unspecified atom stereocenters. The lowest BCUT2D eigenvalue weighted by molar-refractivity contribution is -0.146. The molecule has 12 heteroatoms. The average Bonchev–Trinajstić information content (AvgIpc) is 3.07. The minimum absolute atomic E-state index is 0.00285. The predicted octanol–water partition coefficient (Wildman–Crippen LogP) is 4.66. The summed E-state index contributed by atoms with van der Waals surface area (Å²) >= 11 is 0. The number of Topliss-reactive ketones (excluding diaryl/α,β-unsaturated/α-hetero) is 1. The number of rotatable bonds is 32. The summed E-state index contributed by atoms with van der Waals surface area (Å²) in [4.78, 5) is 62.8. The number of hydrogen-bond acceptors (Lipinski definition) is 9. The number of nitrogens with one attached hydrogen (secondary N) is 3. The van der Waals surface area contributed by atoms with Crippen LogP contribution in [0, 0.1) is 17.8 Å². The molecule has 1 aliphatic rings. The first-order valence-corrected chi connectivity index (χ1v) is 18.6. The Hall–Kier alpha value is -2.57. The van der Waals surface area contributed by atoms with Gasteiger partial charge in [-0.15, -0.1) is 0 Å². The molecular weight excluding hydrogens is 630 g/mol. The molecule has 12 nitrogen and oxygen atoms in total. The third-order valence-electron chi connectivity index (χ3n) is 9.24. The highest BCUT2D eigenvalue weighted by Gasteiger charge is 2.35. The van der Waals surface area contributed by atoms with Gasteiger partial charge in [0, 0.05) is 85.8 Å². The summed E-state index contributed by atoms with van der Waals surface area (Å²) in [5.74, 6) is 0.168. The van der Waals surface area contributed by atoms with Gasteiger partial charge in [-0.1, -0.05) is 6.42 Å². The highest BCUT2D eigenvalue weighted by Crippen LogP contribution is 2.41. The maximum Gasteiger partial charge on any atom is 0.328 e. The number of ether oxygens (including phenoxy) is 4. The Morgan fingerprint density at radius 3 is 1.63 bits per heavy atom. The van der Waals surface area contributed by atoms with E-state index in [1.54, 1.807) is 21.3 Å². The smallest absolute Gasteiger partial charge is 0.328 e. The molecule has 1 fully saturated rings. The zero-order valence-electron chi connectivity index (χ0n) is 31.0. The Morgan fingerprint density at radius 1 is 0.612 bits per heavy atom. The highest BCUT2D eigenvalue weighted by molar-refractivity contribution is 5.85. The molecule has 3 amide bonds. The van der Waals surface area contributed by atoms with E-state index in [1.165, 1.54) is 7.11 Å². The van der Waals surface area contributed by atoms with Crippen LogP contribution >= 0.6 is 0 Å². The number of unbranched alkanes of at least 4 members (excludes halogenated alkanes) is 5. The molecule has 0 radical (unpaired) electrons. The van der Waals surface area contributed by atoms with Gasteiger partial charge in [-0.05, 0) is 102 Å². The van der Waals surface area contributed by atoms with Crippen molar-refractivity contribution in [3.63, 3.8) is 0 Å². The van der Waals surface area contributed by atoms with Gasteiger partial charge in [0.15, 0.2) is 0 Å². The Balaban J connectivity index is 2.61. The molecule has 0 saturated heterocycles. The molecule has 1 aliphatic carbocycles. The summed E-state index contributed by atoms with van der Waals surface area (Å²) in [6, 6.07) is -0.757. The Kier molecular flexibility index (Phi) is 26.5. The molecule has 0 aromatic rings. The van der Waals surface area contributed by atoms with Crippen molar-refractivity contribution in [1.82, 2.24) is 16.0 Å². The quantitative estimate of drug-likeness (QED) is 0.0672. The fraction of sp³-hybridized carbons (Fsp3) is 0.865. The van der Waals surface area contributed by atoms with Crippen LogP contribution in [-0.2, 0) is 42.9 Å². The lowest BCUT2D eigenvalue weighted by Gasteiger charge is -2.37. The number of ketones is 1.